The van der Waals surface area contributed by atoms with Crippen molar-refractivity contribution in [3.05, 3.63) is 102 Å². The van der Waals surface area contributed by atoms with Gasteiger partial charge in [-0.15, -0.1) is 0 Å². The molecule has 0 saturated carbocycles. The summed E-state index contributed by atoms with van der Waals surface area (Å²) in [7, 11) is -3.54. The lowest BCUT2D eigenvalue weighted by atomic mass is 9.96. The molecule has 1 amide bonds. The monoisotopic (exact) mass is 509 g/mol. The number of sulfonamides is 1. The fraction of sp³-hybridized carbons (Fsp3) is 0.321. The Morgan fingerprint density at radius 3 is 1.89 bits per heavy atom. The third kappa shape index (κ3) is 6.50. The maximum atomic E-state index is 13.3. The summed E-state index contributed by atoms with van der Waals surface area (Å²) in [4.78, 5) is 17.2. The molecule has 36 heavy (non-hydrogen) atoms. The van der Waals surface area contributed by atoms with Crippen molar-refractivity contribution in [2.75, 3.05) is 43.3 Å². The second-order valence-electron chi connectivity index (χ2n) is 9.06. The predicted molar refractivity (Wildman–Crippen MR) is 141 cm³/mol. The molecule has 0 spiro atoms. The van der Waals surface area contributed by atoms with Crippen molar-refractivity contribution in [1.82, 2.24) is 9.80 Å². The van der Waals surface area contributed by atoms with Gasteiger partial charge in [0.25, 0.3) is 0 Å². The first-order valence-corrected chi connectivity index (χ1v) is 14.0. The van der Waals surface area contributed by atoms with E-state index in [4.69, 9.17) is 0 Å². The van der Waals surface area contributed by atoms with E-state index in [2.05, 4.69) is 53.4 Å². The number of carbonyl (C=O) groups is 1. The van der Waals surface area contributed by atoms with Crippen LogP contribution >= 0.6 is 0 Å². The van der Waals surface area contributed by atoms with Gasteiger partial charge in [0.05, 0.1) is 18.0 Å². The summed E-state index contributed by atoms with van der Waals surface area (Å²) in [5.41, 5.74) is 2.85. The van der Waals surface area contributed by atoms with E-state index in [9.17, 15) is 17.6 Å². The number of carbonyl (C=O) groups excluding carboxylic acids is 1. The van der Waals surface area contributed by atoms with Gasteiger partial charge in [-0.05, 0) is 41.8 Å². The van der Waals surface area contributed by atoms with Crippen LogP contribution in [-0.2, 0) is 14.8 Å². The third-order valence-corrected chi connectivity index (χ3v) is 7.72. The van der Waals surface area contributed by atoms with Gasteiger partial charge in [-0.25, -0.2) is 12.8 Å². The summed E-state index contributed by atoms with van der Waals surface area (Å²) >= 11 is 0. The van der Waals surface area contributed by atoms with Gasteiger partial charge in [0.2, 0.25) is 15.9 Å². The Morgan fingerprint density at radius 1 is 0.861 bits per heavy atom. The SMILES string of the molecule is CS(=O)(=O)N(CCCC(=O)N1CCN(C(c2ccccc2)c2ccccc2)CC1)c1ccc(F)cc1. The second-order valence-corrected chi connectivity index (χ2v) is 11.0. The largest absolute Gasteiger partial charge is 0.340 e. The van der Waals surface area contributed by atoms with Crippen molar-refractivity contribution in [3.63, 3.8) is 0 Å². The number of anilines is 1. The number of piperazine rings is 1. The molecular weight excluding hydrogens is 477 g/mol. The van der Waals surface area contributed by atoms with Crippen LogP contribution in [0.4, 0.5) is 10.1 Å². The molecule has 1 aliphatic rings. The molecule has 0 aliphatic carbocycles. The summed E-state index contributed by atoms with van der Waals surface area (Å²) in [5.74, 6) is -0.401. The minimum Gasteiger partial charge on any atom is -0.340 e. The maximum absolute atomic E-state index is 13.3. The van der Waals surface area contributed by atoms with Crippen LogP contribution in [0.3, 0.4) is 0 Å². The molecule has 6 nitrogen and oxygen atoms in total. The molecule has 1 aliphatic heterocycles. The highest BCUT2D eigenvalue weighted by atomic mass is 32.2. The minimum atomic E-state index is -3.54. The standard InChI is InChI=1S/C28H32FN3O3S/c1-36(34,35)32(26-16-14-25(29)15-17-26)18-8-13-27(33)30-19-21-31(22-20-30)28(23-9-4-2-5-10-23)24-11-6-3-7-12-24/h2-7,9-12,14-17,28H,8,13,18-22H2,1H3. The number of rotatable bonds is 9. The fourth-order valence-corrected chi connectivity index (χ4v) is 5.71. The molecule has 190 valence electrons. The number of benzene rings is 3. The zero-order valence-corrected chi connectivity index (χ0v) is 21.3. The second kappa shape index (κ2) is 11.7. The summed E-state index contributed by atoms with van der Waals surface area (Å²) < 4.78 is 39.0. The molecule has 3 aromatic carbocycles. The summed E-state index contributed by atoms with van der Waals surface area (Å²) in [6.07, 6.45) is 1.77. The summed E-state index contributed by atoms with van der Waals surface area (Å²) in [6, 6.07) is 26.3. The highest BCUT2D eigenvalue weighted by Gasteiger charge is 2.28. The molecule has 1 saturated heterocycles. The van der Waals surface area contributed by atoms with E-state index in [0.717, 1.165) is 19.3 Å². The van der Waals surface area contributed by atoms with E-state index >= 15 is 0 Å². The normalized spacial score (nSPS) is 14.7. The quantitative estimate of drug-likeness (QED) is 0.432. The zero-order valence-electron chi connectivity index (χ0n) is 20.5. The first-order chi connectivity index (χ1) is 17.3. The average Bonchev–Trinajstić information content (AvgIpc) is 2.88. The van der Waals surface area contributed by atoms with Crippen molar-refractivity contribution < 1.29 is 17.6 Å². The van der Waals surface area contributed by atoms with E-state index in [1.54, 1.807) is 0 Å². The van der Waals surface area contributed by atoms with Gasteiger partial charge in [0, 0.05) is 39.1 Å². The first-order valence-electron chi connectivity index (χ1n) is 12.2. The third-order valence-electron chi connectivity index (χ3n) is 6.53. The van der Waals surface area contributed by atoms with Gasteiger partial charge >= 0.3 is 0 Å². The van der Waals surface area contributed by atoms with Crippen LogP contribution in [0.15, 0.2) is 84.9 Å². The molecule has 0 bridgehead atoms. The first kappa shape index (κ1) is 25.9. The Hall–Kier alpha value is -3.23. The predicted octanol–water partition coefficient (Wildman–Crippen LogP) is 4.31. The van der Waals surface area contributed by atoms with Crippen LogP contribution in [0, 0.1) is 5.82 Å². The van der Waals surface area contributed by atoms with E-state index in [1.807, 2.05) is 17.0 Å². The molecule has 3 aromatic rings. The van der Waals surface area contributed by atoms with E-state index in [1.165, 1.54) is 39.7 Å². The Morgan fingerprint density at radius 2 is 1.39 bits per heavy atom. The number of hydrogen-bond acceptors (Lipinski definition) is 4. The van der Waals surface area contributed by atoms with Crippen molar-refractivity contribution >= 4 is 21.6 Å². The highest BCUT2D eigenvalue weighted by molar-refractivity contribution is 7.92. The lowest BCUT2D eigenvalue weighted by Gasteiger charge is -2.40. The number of amides is 1. The Bertz CT molecular complexity index is 1190. The van der Waals surface area contributed by atoms with Crippen molar-refractivity contribution in [3.8, 4) is 0 Å². The Labute approximate surface area is 213 Å². The van der Waals surface area contributed by atoms with Crippen LogP contribution in [0.1, 0.15) is 30.0 Å². The molecule has 1 heterocycles. The van der Waals surface area contributed by atoms with Gasteiger partial charge in [0.1, 0.15) is 5.82 Å². The van der Waals surface area contributed by atoms with Crippen molar-refractivity contribution in [2.24, 2.45) is 0 Å². The van der Waals surface area contributed by atoms with Crippen molar-refractivity contribution in [1.29, 1.82) is 0 Å². The van der Waals surface area contributed by atoms with Crippen LogP contribution in [0.25, 0.3) is 0 Å². The molecule has 0 unspecified atom stereocenters. The van der Waals surface area contributed by atoms with Gasteiger partial charge < -0.3 is 4.90 Å². The lowest BCUT2D eigenvalue weighted by molar-refractivity contribution is -0.133. The Balaban J connectivity index is 1.34. The highest BCUT2D eigenvalue weighted by Crippen LogP contribution is 2.29. The van der Waals surface area contributed by atoms with Gasteiger partial charge in [0.15, 0.2) is 0 Å². The summed E-state index contributed by atoms with van der Waals surface area (Å²) in [6.45, 7) is 2.93. The zero-order chi connectivity index (χ0) is 25.5. The molecular formula is C28H32FN3O3S. The molecule has 8 heteroatoms. The van der Waals surface area contributed by atoms with E-state index in [0.29, 0.717) is 25.2 Å². The number of nitrogens with zero attached hydrogens (tertiary/aromatic N) is 3. The fourth-order valence-electron chi connectivity index (χ4n) is 4.74. The minimum absolute atomic E-state index is 0.0261. The van der Waals surface area contributed by atoms with Crippen LogP contribution in [0.2, 0.25) is 0 Å². The summed E-state index contributed by atoms with van der Waals surface area (Å²) in [5, 5.41) is 0. The van der Waals surface area contributed by atoms with Crippen LogP contribution < -0.4 is 4.31 Å². The van der Waals surface area contributed by atoms with Gasteiger partial charge in [-0.1, -0.05) is 60.7 Å². The van der Waals surface area contributed by atoms with Crippen LogP contribution in [-0.4, -0.2) is 63.1 Å². The number of hydrogen-bond donors (Lipinski definition) is 0. The molecule has 4 rings (SSSR count). The van der Waals surface area contributed by atoms with E-state index in [-0.39, 0.29) is 24.9 Å². The smallest absolute Gasteiger partial charge is 0.232 e. The topological polar surface area (TPSA) is 60.9 Å². The maximum Gasteiger partial charge on any atom is 0.232 e. The van der Waals surface area contributed by atoms with Gasteiger partial charge in [-0.2, -0.15) is 0 Å². The van der Waals surface area contributed by atoms with Crippen LogP contribution in [0.5, 0.6) is 0 Å². The average molecular weight is 510 g/mol. The molecule has 0 radical (unpaired) electrons. The molecule has 1 fully saturated rings. The lowest BCUT2D eigenvalue weighted by Crippen LogP contribution is -2.50. The number of halogens is 1. The van der Waals surface area contributed by atoms with Crippen molar-refractivity contribution in [2.45, 2.75) is 18.9 Å². The molecule has 0 atom stereocenters. The Kier molecular flexibility index (Phi) is 8.38. The van der Waals surface area contributed by atoms with Gasteiger partial charge in [-0.3, -0.25) is 14.0 Å². The van der Waals surface area contributed by atoms with E-state index < -0.39 is 15.8 Å². The molecule has 0 N–H and O–H groups in total. The molecule has 0 aromatic heterocycles.